The van der Waals surface area contributed by atoms with E-state index in [-0.39, 0.29) is 11.3 Å². The van der Waals surface area contributed by atoms with Gasteiger partial charge in [0.15, 0.2) is 5.69 Å². The van der Waals surface area contributed by atoms with Crippen LogP contribution in [0.25, 0.3) is 0 Å². The van der Waals surface area contributed by atoms with E-state index >= 15 is 0 Å². The lowest BCUT2D eigenvalue weighted by Crippen LogP contribution is -2.33. The van der Waals surface area contributed by atoms with Gasteiger partial charge in [-0.05, 0) is 63.4 Å². The van der Waals surface area contributed by atoms with Crippen LogP contribution in [0.4, 0.5) is 0 Å². The Bertz CT molecular complexity index is 791. The second kappa shape index (κ2) is 7.00. The summed E-state index contributed by atoms with van der Waals surface area (Å²) in [6, 6.07) is 8.26. The van der Waals surface area contributed by atoms with Gasteiger partial charge in [0.1, 0.15) is 0 Å². The molecule has 138 valence electrons. The van der Waals surface area contributed by atoms with Crippen molar-refractivity contribution in [1.82, 2.24) is 25.6 Å². The van der Waals surface area contributed by atoms with Crippen LogP contribution >= 0.6 is 11.6 Å². The van der Waals surface area contributed by atoms with Crippen molar-refractivity contribution in [3.05, 3.63) is 46.2 Å². The minimum Gasteiger partial charge on any atom is -0.350 e. The summed E-state index contributed by atoms with van der Waals surface area (Å²) in [5.41, 5.74) is 2.57. The van der Waals surface area contributed by atoms with Crippen LogP contribution in [-0.2, 0) is 5.41 Å². The molecule has 1 aromatic heterocycles. The summed E-state index contributed by atoms with van der Waals surface area (Å²) in [6.45, 7) is 4.51. The van der Waals surface area contributed by atoms with Crippen molar-refractivity contribution in [3.63, 3.8) is 0 Å². The molecule has 2 aliphatic rings. The Balaban J connectivity index is 1.42. The van der Waals surface area contributed by atoms with E-state index in [0.717, 1.165) is 49.5 Å². The Morgan fingerprint density at radius 2 is 2.00 bits per heavy atom. The van der Waals surface area contributed by atoms with Crippen molar-refractivity contribution in [2.24, 2.45) is 0 Å². The Morgan fingerprint density at radius 1 is 1.31 bits per heavy atom. The molecule has 0 spiro atoms. The average Bonchev–Trinajstić information content (AvgIpc) is 3.36. The number of carbonyl (C=O) groups excluding carboxylic acids is 1. The first kappa shape index (κ1) is 17.5. The van der Waals surface area contributed by atoms with Gasteiger partial charge in [0.25, 0.3) is 5.91 Å². The van der Waals surface area contributed by atoms with Crippen LogP contribution < -0.4 is 10.6 Å². The second-order valence-corrected chi connectivity index (χ2v) is 7.86. The van der Waals surface area contributed by atoms with Gasteiger partial charge in [-0.2, -0.15) is 0 Å². The minimum absolute atomic E-state index is 0.0409. The summed E-state index contributed by atoms with van der Waals surface area (Å²) in [5, 5.41) is 15.6. The number of aromatic nitrogens is 3. The van der Waals surface area contributed by atoms with E-state index in [9.17, 15) is 4.79 Å². The molecule has 26 heavy (non-hydrogen) atoms. The number of hydrogen-bond donors (Lipinski definition) is 2. The van der Waals surface area contributed by atoms with Crippen LogP contribution in [0.15, 0.2) is 24.3 Å². The topological polar surface area (TPSA) is 71.8 Å². The first-order valence-corrected chi connectivity index (χ1v) is 9.64. The number of nitrogens with one attached hydrogen (secondary N) is 2. The first-order chi connectivity index (χ1) is 12.6. The lowest BCUT2D eigenvalue weighted by Gasteiger charge is -2.23. The predicted molar refractivity (Wildman–Crippen MR) is 101 cm³/mol. The molecule has 2 heterocycles. The molecule has 4 rings (SSSR count). The van der Waals surface area contributed by atoms with E-state index in [1.54, 1.807) is 0 Å². The Morgan fingerprint density at radius 3 is 2.65 bits per heavy atom. The maximum atomic E-state index is 12.7. The molecule has 1 aliphatic heterocycles. The SMILES string of the molecule is Cc1c(C(=O)NCC2(c3ccc(Cl)cc3)CC2)nnn1C1CCNCC1. The molecule has 2 fully saturated rings. The maximum absolute atomic E-state index is 12.7. The average molecular weight is 374 g/mol. The third-order valence-corrected chi connectivity index (χ3v) is 5.95. The van der Waals surface area contributed by atoms with Gasteiger partial charge in [-0.15, -0.1) is 5.10 Å². The van der Waals surface area contributed by atoms with E-state index in [0.29, 0.717) is 18.3 Å². The van der Waals surface area contributed by atoms with Crippen LogP contribution in [0, 0.1) is 6.92 Å². The van der Waals surface area contributed by atoms with Gasteiger partial charge in [-0.25, -0.2) is 4.68 Å². The number of piperidine rings is 1. The van der Waals surface area contributed by atoms with Crippen molar-refractivity contribution >= 4 is 17.5 Å². The highest BCUT2D eigenvalue weighted by atomic mass is 35.5. The highest BCUT2D eigenvalue weighted by Gasteiger charge is 2.44. The molecule has 6 nitrogen and oxygen atoms in total. The summed E-state index contributed by atoms with van der Waals surface area (Å²) in [5.74, 6) is -0.136. The van der Waals surface area contributed by atoms with Crippen LogP contribution in [0.1, 0.15) is 53.5 Å². The number of amides is 1. The van der Waals surface area contributed by atoms with Gasteiger partial charge in [0, 0.05) is 17.0 Å². The standard InChI is InChI=1S/C19H24ClN5O/c1-13-17(23-24-25(13)16-6-10-21-11-7-16)18(26)22-12-19(8-9-19)14-2-4-15(20)5-3-14/h2-5,16,21H,6-12H2,1H3,(H,22,26). The van der Waals surface area contributed by atoms with E-state index in [1.165, 1.54) is 5.56 Å². The molecule has 1 saturated carbocycles. The Labute approximate surface area is 158 Å². The van der Waals surface area contributed by atoms with Gasteiger partial charge < -0.3 is 10.6 Å². The summed E-state index contributed by atoms with van der Waals surface area (Å²) in [6.07, 6.45) is 4.20. The lowest BCUT2D eigenvalue weighted by molar-refractivity contribution is 0.0944. The van der Waals surface area contributed by atoms with Crippen molar-refractivity contribution in [2.75, 3.05) is 19.6 Å². The predicted octanol–water partition coefficient (Wildman–Crippen LogP) is 2.63. The zero-order valence-corrected chi connectivity index (χ0v) is 15.7. The fraction of sp³-hybridized carbons (Fsp3) is 0.526. The highest BCUT2D eigenvalue weighted by Crippen LogP contribution is 2.47. The van der Waals surface area contributed by atoms with Gasteiger partial charge in [0.2, 0.25) is 0 Å². The summed E-state index contributed by atoms with van der Waals surface area (Å²) < 4.78 is 1.92. The molecule has 1 aromatic carbocycles. The van der Waals surface area contributed by atoms with Crippen LogP contribution in [0.5, 0.6) is 0 Å². The maximum Gasteiger partial charge on any atom is 0.273 e. The van der Waals surface area contributed by atoms with Crippen LogP contribution in [-0.4, -0.2) is 40.5 Å². The Kier molecular flexibility index (Phi) is 4.71. The van der Waals surface area contributed by atoms with E-state index in [2.05, 4.69) is 33.1 Å². The molecule has 2 aromatic rings. The van der Waals surface area contributed by atoms with E-state index < -0.39 is 0 Å². The quantitative estimate of drug-likeness (QED) is 0.845. The number of halogens is 1. The van der Waals surface area contributed by atoms with Crippen molar-refractivity contribution < 1.29 is 4.79 Å². The molecule has 0 bridgehead atoms. The van der Waals surface area contributed by atoms with Gasteiger partial charge in [-0.1, -0.05) is 28.9 Å². The first-order valence-electron chi connectivity index (χ1n) is 9.26. The summed E-state index contributed by atoms with van der Waals surface area (Å²) in [4.78, 5) is 12.7. The van der Waals surface area contributed by atoms with Crippen LogP contribution in [0.3, 0.4) is 0 Å². The number of nitrogens with zero attached hydrogens (tertiary/aromatic N) is 3. The van der Waals surface area contributed by atoms with Gasteiger partial charge in [-0.3, -0.25) is 4.79 Å². The molecular formula is C19H24ClN5O. The number of carbonyl (C=O) groups is 1. The second-order valence-electron chi connectivity index (χ2n) is 7.42. The van der Waals surface area contributed by atoms with E-state index in [4.69, 9.17) is 11.6 Å². The van der Waals surface area contributed by atoms with Gasteiger partial charge >= 0.3 is 0 Å². The zero-order chi connectivity index (χ0) is 18.1. The Hall–Kier alpha value is -1.92. The molecule has 1 saturated heterocycles. The van der Waals surface area contributed by atoms with Crippen LogP contribution in [0.2, 0.25) is 5.02 Å². The highest BCUT2D eigenvalue weighted by molar-refractivity contribution is 6.30. The van der Waals surface area contributed by atoms with Crippen molar-refractivity contribution in [3.8, 4) is 0 Å². The fourth-order valence-corrected chi connectivity index (χ4v) is 3.93. The monoisotopic (exact) mass is 373 g/mol. The summed E-state index contributed by atoms with van der Waals surface area (Å²) in [7, 11) is 0. The van der Waals surface area contributed by atoms with Crippen molar-refractivity contribution in [2.45, 2.75) is 44.1 Å². The smallest absolute Gasteiger partial charge is 0.273 e. The molecule has 1 aliphatic carbocycles. The summed E-state index contributed by atoms with van der Waals surface area (Å²) >= 11 is 5.98. The third kappa shape index (κ3) is 3.35. The van der Waals surface area contributed by atoms with Gasteiger partial charge in [0.05, 0.1) is 11.7 Å². The van der Waals surface area contributed by atoms with Crippen molar-refractivity contribution in [1.29, 1.82) is 0 Å². The molecular weight excluding hydrogens is 350 g/mol. The zero-order valence-electron chi connectivity index (χ0n) is 15.0. The molecule has 7 heteroatoms. The number of hydrogen-bond acceptors (Lipinski definition) is 4. The van der Waals surface area contributed by atoms with E-state index in [1.807, 2.05) is 23.7 Å². The minimum atomic E-state index is -0.136. The number of rotatable bonds is 5. The number of benzene rings is 1. The molecule has 0 unspecified atom stereocenters. The molecule has 1 amide bonds. The molecule has 0 radical (unpaired) electrons. The fourth-order valence-electron chi connectivity index (χ4n) is 3.80. The normalized spacial score (nSPS) is 19.3. The molecule has 2 N–H and O–H groups in total. The lowest BCUT2D eigenvalue weighted by atomic mass is 9.96. The third-order valence-electron chi connectivity index (χ3n) is 5.69. The largest absolute Gasteiger partial charge is 0.350 e. The molecule has 0 atom stereocenters.